The lowest BCUT2D eigenvalue weighted by Gasteiger charge is -2.15. The summed E-state index contributed by atoms with van der Waals surface area (Å²) in [7, 11) is 0. The molecule has 2 aliphatic rings. The number of hydrazine groups is 2. The Morgan fingerprint density at radius 2 is 1.52 bits per heavy atom. The highest BCUT2D eigenvalue weighted by Crippen LogP contribution is 2.25. The van der Waals surface area contributed by atoms with Crippen molar-refractivity contribution >= 4 is 23.4 Å². The average molecular weight is 290 g/mol. The van der Waals surface area contributed by atoms with Gasteiger partial charge in [0.1, 0.15) is 0 Å². The third-order valence-electron chi connectivity index (χ3n) is 3.17. The van der Waals surface area contributed by atoms with Crippen molar-refractivity contribution in [2.45, 2.75) is 6.92 Å². The Labute approximate surface area is 122 Å². The van der Waals surface area contributed by atoms with E-state index in [1.165, 1.54) is 0 Å². The van der Waals surface area contributed by atoms with Crippen LogP contribution in [-0.4, -0.2) is 48.3 Å². The van der Waals surface area contributed by atoms with E-state index in [9.17, 15) is 9.59 Å². The van der Waals surface area contributed by atoms with Crippen LogP contribution in [0.4, 0.5) is 21.0 Å². The molecule has 1 aromatic rings. The maximum Gasteiger partial charge on any atom is 0.333 e. The second kappa shape index (κ2) is 5.58. The number of carbonyl (C=O) groups excluding carboxylic acids is 2. The number of benzene rings is 1. The lowest BCUT2D eigenvalue weighted by molar-refractivity contribution is 0.238. The molecule has 0 saturated carbocycles. The second-order valence-corrected chi connectivity index (χ2v) is 5.10. The van der Waals surface area contributed by atoms with E-state index in [-0.39, 0.29) is 12.1 Å². The first-order chi connectivity index (χ1) is 10.1. The van der Waals surface area contributed by atoms with Gasteiger partial charge in [-0.05, 0) is 18.6 Å². The van der Waals surface area contributed by atoms with Gasteiger partial charge in [0.05, 0.1) is 11.4 Å². The smallest absolute Gasteiger partial charge is 0.305 e. The van der Waals surface area contributed by atoms with Crippen LogP contribution in [0.3, 0.4) is 0 Å². The first-order valence-corrected chi connectivity index (χ1v) is 6.86. The lowest BCUT2D eigenvalue weighted by atomic mass is 10.1. The zero-order chi connectivity index (χ0) is 14.8. The highest BCUT2D eigenvalue weighted by atomic mass is 16.2. The Bertz CT molecular complexity index is 568. The maximum atomic E-state index is 11.8. The van der Waals surface area contributed by atoms with Crippen LogP contribution >= 0.6 is 0 Å². The number of aryl methyl sites for hydroxylation is 1. The van der Waals surface area contributed by atoms with E-state index in [4.69, 9.17) is 0 Å². The van der Waals surface area contributed by atoms with Gasteiger partial charge in [-0.25, -0.2) is 19.6 Å². The molecule has 2 heterocycles. The van der Waals surface area contributed by atoms with E-state index in [2.05, 4.69) is 21.5 Å². The third kappa shape index (κ3) is 3.83. The summed E-state index contributed by atoms with van der Waals surface area (Å²) in [5.74, 6) is 0. The topological polar surface area (TPSA) is 88.3 Å². The molecule has 3 rings (SSSR count). The number of hydrogen-bond acceptors (Lipinski definition) is 4. The first kappa shape index (κ1) is 13.7. The van der Waals surface area contributed by atoms with E-state index in [1.54, 1.807) is 16.1 Å². The fraction of sp³-hybridized carbons (Fsp3) is 0.385. The first-order valence-electron chi connectivity index (χ1n) is 6.86. The van der Waals surface area contributed by atoms with Crippen molar-refractivity contribution in [3.63, 3.8) is 0 Å². The molecule has 0 radical (unpaired) electrons. The zero-order valence-electron chi connectivity index (χ0n) is 11.8. The Morgan fingerprint density at radius 3 is 2.10 bits per heavy atom. The van der Waals surface area contributed by atoms with Crippen LogP contribution in [0, 0.1) is 6.92 Å². The molecule has 0 spiro atoms. The van der Waals surface area contributed by atoms with Crippen LogP contribution in [0.1, 0.15) is 5.56 Å². The number of rotatable bonds is 4. The number of anilines is 2. The van der Waals surface area contributed by atoms with Crippen molar-refractivity contribution in [1.29, 1.82) is 0 Å². The fourth-order valence-electron chi connectivity index (χ4n) is 1.84. The molecule has 112 valence electrons. The summed E-state index contributed by atoms with van der Waals surface area (Å²) in [6, 6.07) is 4.83. The highest BCUT2D eigenvalue weighted by Gasteiger charge is 2.22. The molecule has 21 heavy (non-hydrogen) atoms. The SMILES string of the molecule is Cc1cccc(NC(=O)NN2CC2)c1NC(=O)NN1CC1. The largest absolute Gasteiger partial charge is 0.333 e. The molecule has 8 heteroatoms. The van der Waals surface area contributed by atoms with Gasteiger partial charge in [-0.15, -0.1) is 0 Å². The molecule has 1 aromatic carbocycles. The number of hydrogen-bond donors (Lipinski definition) is 4. The monoisotopic (exact) mass is 290 g/mol. The van der Waals surface area contributed by atoms with Crippen molar-refractivity contribution < 1.29 is 9.59 Å². The minimum Gasteiger partial charge on any atom is -0.305 e. The van der Waals surface area contributed by atoms with Gasteiger partial charge >= 0.3 is 12.1 Å². The third-order valence-corrected chi connectivity index (χ3v) is 3.17. The normalized spacial score (nSPS) is 17.0. The van der Waals surface area contributed by atoms with Gasteiger partial charge in [0.2, 0.25) is 0 Å². The second-order valence-electron chi connectivity index (χ2n) is 5.10. The molecule has 0 aromatic heterocycles. The molecular formula is C13H18N6O2. The van der Waals surface area contributed by atoms with Crippen LogP contribution in [0.5, 0.6) is 0 Å². The molecule has 4 amide bonds. The lowest BCUT2D eigenvalue weighted by Crippen LogP contribution is -2.35. The molecule has 2 aliphatic heterocycles. The zero-order valence-corrected chi connectivity index (χ0v) is 11.8. The van der Waals surface area contributed by atoms with Crippen LogP contribution in [-0.2, 0) is 0 Å². The molecule has 0 unspecified atom stereocenters. The summed E-state index contributed by atoms with van der Waals surface area (Å²) in [6.07, 6.45) is 0. The van der Waals surface area contributed by atoms with E-state index >= 15 is 0 Å². The fourth-order valence-corrected chi connectivity index (χ4v) is 1.84. The predicted octanol–water partition coefficient (Wildman–Crippen LogP) is 0.699. The molecule has 2 fully saturated rings. The van der Waals surface area contributed by atoms with Crippen LogP contribution in [0.15, 0.2) is 18.2 Å². The molecule has 4 N–H and O–H groups in total. The van der Waals surface area contributed by atoms with Crippen molar-refractivity contribution in [3.8, 4) is 0 Å². The molecule has 8 nitrogen and oxygen atoms in total. The minimum absolute atomic E-state index is 0.309. The minimum atomic E-state index is -0.312. The van der Waals surface area contributed by atoms with Gasteiger partial charge in [-0.3, -0.25) is 10.9 Å². The summed E-state index contributed by atoms with van der Waals surface area (Å²) < 4.78 is 0. The highest BCUT2D eigenvalue weighted by molar-refractivity contribution is 5.99. The van der Waals surface area contributed by atoms with Crippen molar-refractivity contribution in [2.24, 2.45) is 0 Å². The number of urea groups is 2. The van der Waals surface area contributed by atoms with Gasteiger partial charge in [0.25, 0.3) is 0 Å². The van der Waals surface area contributed by atoms with E-state index < -0.39 is 0 Å². The van der Waals surface area contributed by atoms with Crippen molar-refractivity contribution in [3.05, 3.63) is 23.8 Å². The maximum absolute atomic E-state index is 11.8. The number of para-hydroxylation sites is 1. The summed E-state index contributed by atoms with van der Waals surface area (Å²) >= 11 is 0. The number of carbonyl (C=O) groups is 2. The quantitative estimate of drug-likeness (QED) is 0.615. The number of amides is 4. The van der Waals surface area contributed by atoms with Crippen molar-refractivity contribution in [2.75, 3.05) is 36.8 Å². The summed E-state index contributed by atoms with van der Waals surface area (Å²) in [6.45, 7) is 5.34. The van der Waals surface area contributed by atoms with E-state index in [1.807, 2.05) is 19.1 Å². The summed E-state index contributed by atoms with van der Waals surface area (Å²) in [5, 5.41) is 9.09. The average Bonchev–Trinajstić information content (AvgIpc) is 3.30. The molecule has 0 aliphatic carbocycles. The number of nitrogens with zero attached hydrogens (tertiary/aromatic N) is 2. The Kier molecular flexibility index (Phi) is 3.63. The van der Waals surface area contributed by atoms with Crippen LogP contribution in [0.25, 0.3) is 0 Å². The van der Waals surface area contributed by atoms with Crippen LogP contribution < -0.4 is 21.5 Å². The number of nitrogens with one attached hydrogen (secondary N) is 4. The van der Waals surface area contributed by atoms with Gasteiger partial charge in [-0.1, -0.05) is 12.1 Å². The predicted molar refractivity (Wildman–Crippen MR) is 78.6 cm³/mol. The Morgan fingerprint density at radius 1 is 0.952 bits per heavy atom. The van der Waals surface area contributed by atoms with E-state index in [0.29, 0.717) is 11.4 Å². The Hall–Kier alpha value is -2.32. The van der Waals surface area contributed by atoms with Gasteiger partial charge in [0.15, 0.2) is 0 Å². The standard InChI is InChI=1S/C13H18N6O2/c1-9-3-2-4-10(14-12(20)16-18-5-6-18)11(9)15-13(21)17-19-7-8-19/h2-4H,5-8H2,1H3,(H2,14,16,20)(H2,15,17,21). The van der Waals surface area contributed by atoms with Crippen molar-refractivity contribution in [1.82, 2.24) is 20.9 Å². The molecule has 2 saturated heterocycles. The Balaban J connectivity index is 1.67. The van der Waals surface area contributed by atoms with Gasteiger partial charge in [0, 0.05) is 26.2 Å². The molecule has 0 bridgehead atoms. The van der Waals surface area contributed by atoms with Crippen LogP contribution in [0.2, 0.25) is 0 Å². The van der Waals surface area contributed by atoms with E-state index in [0.717, 1.165) is 31.7 Å². The summed E-state index contributed by atoms with van der Waals surface area (Å²) in [5.41, 5.74) is 7.43. The molecule has 0 atom stereocenters. The summed E-state index contributed by atoms with van der Waals surface area (Å²) in [4.78, 5) is 23.6. The molecular weight excluding hydrogens is 272 g/mol. The van der Waals surface area contributed by atoms with Gasteiger partial charge in [-0.2, -0.15) is 0 Å². The van der Waals surface area contributed by atoms with Gasteiger partial charge < -0.3 is 10.6 Å².